The molecule has 1 heterocycles. The monoisotopic (exact) mass is 264 g/mol. The van der Waals surface area contributed by atoms with Crippen molar-refractivity contribution in [3.8, 4) is 0 Å². The van der Waals surface area contributed by atoms with Gasteiger partial charge in [-0.15, -0.1) is 0 Å². The molecule has 1 aliphatic rings. The van der Waals surface area contributed by atoms with Crippen LogP contribution in [0.4, 0.5) is 0 Å². The van der Waals surface area contributed by atoms with Gasteiger partial charge in [-0.3, -0.25) is 0 Å². The average Bonchev–Trinajstić information content (AvgIpc) is 2.88. The van der Waals surface area contributed by atoms with Crippen LogP contribution in [-0.4, -0.2) is 20.8 Å². The molecule has 0 aliphatic heterocycles. The van der Waals surface area contributed by atoms with Crippen molar-refractivity contribution < 1.29 is 5.11 Å². The second-order valence-electron chi connectivity index (χ2n) is 7.08. The molecule has 0 aromatic carbocycles. The highest BCUT2D eigenvalue weighted by atomic mass is 16.3. The first kappa shape index (κ1) is 14.6. The molecule has 0 radical (unpaired) electrons. The van der Waals surface area contributed by atoms with E-state index in [-0.39, 0.29) is 6.10 Å². The summed E-state index contributed by atoms with van der Waals surface area (Å²) < 4.78 is 2.05. The van der Waals surface area contributed by atoms with Crippen LogP contribution in [0, 0.1) is 17.3 Å². The Bertz CT molecular complexity index is 367. The first-order chi connectivity index (χ1) is 8.98. The lowest BCUT2D eigenvalue weighted by Crippen LogP contribution is -2.38. The van der Waals surface area contributed by atoms with Crippen LogP contribution in [0.5, 0.6) is 0 Å². The maximum Gasteiger partial charge on any atom is 0.0945 e. The summed E-state index contributed by atoms with van der Waals surface area (Å²) in [7, 11) is 0. The summed E-state index contributed by atoms with van der Waals surface area (Å²) in [6.07, 6.45) is 11.3. The number of aromatic nitrogens is 2. The van der Waals surface area contributed by atoms with Gasteiger partial charge in [-0.2, -0.15) is 0 Å². The first-order valence-electron chi connectivity index (χ1n) is 7.62. The number of aliphatic hydroxyl groups is 1. The summed E-state index contributed by atoms with van der Waals surface area (Å²) in [5, 5.41) is 10.6. The molecule has 0 amide bonds. The van der Waals surface area contributed by atoms with Crippen LogP contribution in [0.15, 0.2) is 18.7 Å². The van der Waals surface area contributed by atoms with Crippen molar-refractivity contribution in [2.75, 3.05) is 0 Å². The number of hydrogen-bond donors (Lipinski definition) is 1. The molecular weight excluding hydrogens is 236 g/mol. The van der Waals surface area contributed by atoms with E-state index in [1.807, 2.05) is 12.5 Å². The minimum absolute atomic E-state index is 0.174. The van der Waals surface area contributed by atoms with Gasteiger partial charge in [-0.1, -0.05) is 33.6 Å². The third kappa shape index (κ3) is 3.82. The molecule has 3 unspecified atom stereocenters. The van der Waals surface area contributed by atoms with Crippen molar-refractivity contribution in [2.45, 2.75) is 65.5 Å². The topological polar surface area (TPSA) is 38.0 Å². The van der Waals surface area contributed by atoms with Crippen LogP contribution in [0.3, 0.4) is 0 Å². The fraction of sp³-hybridized carbons (Fsp3) is 0.812. The van der Waals surface area contributed by atoms with E-state index in [1.165, 1.54) is 25.7 Å². The van der Waals surface area contributed by atoms with Gasteiger partial charge in [0.2, 0.25) is 0 Å². The summed E-state index contributed by atoms with van der Waals surface area (Å²) in [4.78, 5) is 4.05. The lowest BCUT2D eigenvalue weighted by atomic mass is 9.64. The number of aliphatic hydroxyl groups excluding tert-OH is 1. The van der Waals surface area contributed by atoms with Crippen molar-refractivity contribution in [3.63, 3.8) is 0 Å². The highest BCUT2D eigenvalue weighted by Crippen LogP contribution is 2.43. The minimum Gasteiger partial charge on any atom is -0.393 e. The van der Waals surface area contributed by atoms with Crippen molar-refractivity contribution in [3.05, 3.63) is 18.7 Å². The van der Waals surface area contributed by atoms with Gasteiger partial charge in [0, 0.05) is 18.9 Å². The zero-order chi connectivity index (χ0) is 13.9. The molecule has 3 atom stereocenters. The molecule has 0 spiro atoms. The Kier molecular flexibility index (Phi) is 4.67. The molecule has 1 saturated carbocycles. The molecule has 0 saturated heterocycles. The van der Waals surface area contributed by atoms with E-state index >= 15 is 0 Å². The Morgan fingerprint density at radius 1 is 1.32 bits per heavy atom. The fourth-order valence-corrected chi connectivity index (χ4v) is 3.61. The largest absolute Gasteiger partial charge is 0.393 e. The number of nitrogens with zero attached hydrogens (tertiary/aromatic N) is 2. The maximum atomic E-state index is 10.6. The number of hydrogen-bond acceptors (Lipinski definition) is 2. The summed E-state index contributed by atoms with van der Waals surface area (Å²) in [5.41, 5.74) is 0.307. The molecule has 1 fully saturated rings. The molecule has 1 aliphatic carbocycles. The van der Waals surface area contributed by atoms with Crippen LogP contribution in [0.25, 0.3) is 0 Å². The smallest absolute Gasteiger partial charge is 0.0945 e. The SMILES string of the molecule is CC(C)(C)C1CCCCC1C(O)CCn1ccnc1. The fourth-order valence-electron chi connectivity index (χ4n) is 3.61. The van der Waals surface area contributed by atoms with E-state index in [1.54, 1.807) is 6.20 Å². The summed E-state index contributed by atoms with van der Waals surface area (Å²) in [5.74, 6) is 1.12. The Morgan fingerprint density at radius 2 is 2.05 bits per heavy atom. The number of imidazole rings is 1. The van der Waals surface area contributed by atoms with Crippen molar-refractivity contribution in [1.82, 2.24) is 9.55 Å². The van der Waals surface area contributed by atoms with Gasteiger partial charge in [0.15, 0.2) is 0 Å². The average molecular weight is 264 g/mol. The standard InChI is InChI=1S/C16H28N2O/c1-16(2,3)14-7-5-4-6-13(14)15(19)8-10-18-11-9-17-12-18/h9,11-15,19H,4-8,10H2,1-3H3. The highest BCUT2D eigenvalue weighted by molar-refractivity contribution is 4.87. The van der Waals surface area contributed by atoms with Gasteiger partial charge in [-0.05, 0) is 36.5 Å². The van der Waals surface area contributed by atoms with E-state index in [0.29, 0.717) is 17.3 Å². The normalized spacial score (nSPS) is 26.3. The molecular formula is C16H28N2O. The van der Waals surface area contributed by atoms with Crippen LogP contribution < -0.4 is 0 Å². The Hall–Kier alpha value is -0.830. The zero-order valence-corrected chi connectivity index (χ0v) is 12.5. The van der Waals surface area contributed by atoms with Crippen molar-refractivity contribution in [1.29, 1.82) is 0 Å². The van der Waals surface area contributed by atoms with Crippen LogP contribution in [-0.2, 0) is 6.54 Å². The van der Waals surface area contributed by atoms with E-state index < -0.39 is 0 Å². The van der Waals surface area contributed by atoms with E-state index in [9.17, 15) is 5.11 Å². The predicted octanol–water partition coefficient (Wildman–Crippen LogP) is 3.49. The van der Waals surface area contributed by atoms with Crippen LogP contribution in [0.1, 0.15) is 52.9 Å². The van der Waals surface area contributed by atoms with E-state index in [0.717, 1.165) is 13.0 Å². The molecule has 2 rings (SSSR count). The van der Waals surface area contributed by atoms with Gasteiger partial charge in [-0.25, -0.2) is 4.98 Å². The van der Waals surface area contributed by atoms with Gasteiger partial charge in [0.25, 0.3) is 0 Å². The molecule has 1 N–H and O–H groups in total. The van der Waals surface area contributed by atoms with Gasteiger partial charge in [0.1, 0.15) is 0 Å². The van der Waals surface area contributed by atoms with Crippen LogP contribution >= 0.6 is 0 Å². The maximum absolute atomic E-state index is 10.6. The lowest BCUT2D eigenvalue weighted by Gasteiger charge is -2.42. The van der Waals surface area contributed by atoms with E-state index in [2.05, 4.69) is 30.3 Å². The second-order valence-corrected chi connectivity index (χ2v) is 7.08. The van der Waals surface area contributed by atoms with Crippen molar-refractivity contribution in [2.24, 2.45) is 17.3 Å². The molecule has 3 nitrogen and oxygen atoms in total. The third-order valence-corrected chi connectivity index (χ3v) is 4.67. The van der Waals surface area contributed by atoms with Gasteiger partial charge in [0.05, 0.1) is 12.4 Å². The second kappa shape index (κ2) is 6.08. The quantitative estimate of drug-likeness (QED) is 0.904. The van der Waals surface area contributed by atoms with E-state index in [4.69, 9.17) is 0 Å². The summed E-state index contributed by atoms with van der Waals surface area (Å²) >= 11 is 0. The molecule has 0 bridgehead atoms. The molecule has 1 aromatic heterocycles. The Balaban J connectivity index is 1.93. The van der Waals surface area contributed by atoms with Gasteiger partial charge < -0.3 is 9.67 Å². The number of rotatable bonds is 4. The summed E-state index contributed by atoms with van der Waals surface area (Å²) in [6.45, 7) is 7.82. The van der Waals surface area contributed by atoms with Gasteiger partial charge >= 0.3 is 0 Å². The minimum atomic E-state index is -0.174. The lowest BCUT2D eigenvalue weighted by molar-refractivity contribution is -0.00289. The molecule has 108 valence electrons. The number of aryl methyl sites for hydroxylation is 1. The first-order valence-corrected chi connectivity index (χ1v) is 7.62. The highest BCUT2D eigenvalue weighted by Gasteiger charge is 2.37. The Labute approximate surface area is 117 Å². The summed E-state index contributed by atoms with van der Waals surface area (Å²) in [6, 6.07) is 0. The third-order valence-electron chi connectivity index (χ3n) is 4.67. The Morgan fingerprint density at radius 3 is 2.68 bits per heavy atom. The predicted molar refractivity (Wildman–Crippen MR) is 77.8 cm³/mol. The molecule has 19 heavy (non-hydrogen) atoms. The van der Waals surface area contributed by atoms with Crippen molar-refractivity contribution >= 4 is 0 Å². The zero-order valence-electron chi connectivity index (χ0n) is 12.5. The molecule has 3 heteroatoms. The molecule has 1 aromatic rings. The van der Waals surface area contributed by atoms with Crippen LogP contribution in [0.2, 0.25) is 0 Å².